The smallest absolute Gasteiger partial charge is 0.100 e. The fraction of sp³-hybridized carbons (Fsp3) is 0.700. The first-order chi connectivity index (χ1) is 10.1. The molecule has 22 heavy (non-hydrogen) atoms. The van der Waals surface area contributed by atoms with Gasteiger partial charge in [-0.25, -0.2) is 0 Å². The van der Waals surface area contributed by atoms with Gasteiger partial charge in [0.25, 0.3) is 0 Å². The van der Waals surface area contributed by atoms with E-state index in [0.717, 1.165) is 19.3 Å². The van der Waals surface area contributed by atoms with Crippen molar-refractivity contribution in [3.05, 3.63) is 37.0 Å². The summed E-state index contributed by atoms with van der Waals surface area (Å²) >= 11 is 0. The van der Waals surface area contributed by atoms with E-state index in [1.807, 2.05) is 0 Å². The molecule has 1 aliphatic rings. The van der Waals surface area contributed by atoms with E-state index in [4.69, 9.17) is 0 Å². The predicted molar refractivity (Wildman–Crippen MR) is 94.6 cm³/mol. The Hall–Kier alpha value is -0.860. The highest BCUT2D eigenvalue weighted by Crippen LogP contribution is 2.49. The Morgan fingerprint density at radius 2 is 1.91 bits per heavy atom. The predicted octanol–water partition coefficient (Wildman–Crippen LogP) is 4.50. The third kappa shape index (κ3) is 4.33. The molecule has 0 bridgehead atoms. The molecule has 0 aliphatic heterocycles. The van der Waals surface area contributed by atoms with Gasteiger partial charge in [-0.3, -0.25) is 0 Å². The Morgan fingerprint density at radius 3 is 2.36 bits per heavy atom. The summed E-state index contributed by atoms with van der Waals surface area (Å²) in [4.78, 5) is 0. The van der Waals surface area contributed by atoms with Gasteiger partial charge >= 0.3 is 0 Å². The van der Waals surface area contributed by atoms with Crippen LogP contribution in [0, 0.1) is 23.2 Å². The number of aliphatic hydroxyl groups excluding tert-OH is 2. The molecular weight excluding hydrogens is 272 g/mol. The minimum Gasteiger partial charge on any atom is -0.390 e. The molecule has 0 heterocycles. The summed E-state index contributed by atoms with van der Waals surface area (Å²) in [6.07, 6.45) is 4.52. The lowest BCUT2D eigenvalue weighted by Gasteiger charge is -2.45. The van der Waals surface area contributed by atoms with Crippen molar-refractivity contribution in [3.8, 4) is 0 Å². The molecule has 6 atom stereocenters. The molecule has 2 N–H and O–H groups in total. The SMILES string of the molecule is C=C[C@@]1(C)CCC(C(C)CC(O)C(O)C(=C)C)CC1C(=C)C. The van der Waals surface area contributed by atoms with Crippen molar-refractivity contribution >= 4 is 0 Å². The zero-order valence-corrected chi connectivity index (χ0v) is 14.8. The van der Waals surface area contributed by atoms with Gasteiger partial charge in [0, 0.05) is 0 Å². The molecule has 5 unspecified atom stereocenters. The van der Waals surface area contributed by atoms with Crippen molar-refractivity contribution in [2.45, 2.75) is 65.6 Å². The van der Waals surface area contributed by atoms with Crippen molar-refractivity contribution in [1.29, 1.82) is 0 Å². The Bertz CT molecular complexity index is 425. The second-order valence-electron chi connectivity index (χ2n) is 7.71. The van der Waals surface area contributed by atoms with Gasteiger partial charge in [0.05, 0.1) is 6.10 Å². The standard InChI is InChI=1S/C20H34O2/c1-8-20(7)10-9-16(12-17(20)13(2)3)15(6)11-18(21)19(22)14(4)5/h8,15-19,21-22H,1-2,4,9-12H2,3,5-7H3/t15?,16?,17?,18?,19?,20-/m0/s1. The number of rotatable bonds is 7. The maximum absolute atomic E-state index is 10.2. The van der Waals surface area contributed by atoms with E-state index >= 15 is 0 Å². The van der Waals surface area contributed by atoms with Gasteiger partial charge < -0.3 is 10.2 Å². The Labute approximate surface area is 136 Å². The lowest BCUT2D eigenvalue weighted by atomic mass is 9.60. The van der Waals surface area contributed by atoms with Gasteiger partial charge in [-0.1, -0.05) is 38.7 Å². The number of aliphatic hydroxyl groups is 2. The number of allylic oxidation sites excluding steroid dienone is 2. The van der Waals surface area contributed by atoms with Crippen LogP contribution in [0.15, 0.2) is 37.0 Å². The fourth-order valence-electron chi connectivity index (χ4n) is 3.92. The Kier molecular flexibility index (Phi) is 6.64. The van der Waals surface area contributed by atoms with Crippen LogP contribution in [-0.2, 0) is 0 Å². The highest BCUT2D eigenvalue weighted by molar-refractivity contribution is 5.12. The molecule has 0 radical (unpaired) electrons. The van der Waals surface area contributed by atoms with Gasteiger partial charge in [0.1, 0.15) is 6.10 Å². The molecule has 0 spiro atoms. The average molecular weight is 306 g/mol. The normalized spacial score (nSPS) is 32.8. The highest BCUT2D eigenvalue weighted by atomic mass is 16.3. The summed E-state index contributed by atoms with van der Waals surface area (Å²) in [5.74, 6) is 1.39. The second-order valence-corrected chi connectivity index (χ2v) is 7.71. The molecule has 1 fully saturated rings. The van der Waals surface area contributed by atoms with Gasteiger partial charge in [-0.05, 0) is 68.3 Å². The fourth-order valence-corrected chi connectivity index (χ4v) is 3.92. The first-order valence-corrected chi connectivity index (χ1v) is 8.43. The van der Waals surface area contributed by atoms with E-state index in [1.54, 1.807) is 6.92 Å². The summed E-state index contributed by atoms with van der Waals surface area (Å²) in [6.45, 7) is 20.3. The van der Waals surface area contributed by atoms with Crippen LogP contribution in [0.1, 0.15) is 53.4 Å². The third-order valence-corrected chi connectivity index (χ3v) is 5.74. The molecule has 0 aromatic heterocycles. The van der Waals surface area contributed by atoms with Crippen molar-refractivity contribution in [2.24, 2.45) is 23.2 Å². The zero-order chi connectivity index (χ0) is 17.1. The van der Waals surface area contributed by atoms with E-state index < -0.39 is 12.2 Å². The van der Waals surface area contributed by atoms with Crippen LogP contribution in [0.2, 0.25) is 0 Å². The maximum atomic E-state index is 10.2. The molecule has 2 heteroatoms. The summed E-state index contributed by atoms with van der Waals surface area (Å²) in [5, 5.41) is 20.1. The Morgan fingerprint density at radius 1 is 1.32 bits per heavy atom. The molecule has 0 saturated heterocycles. The van der Waals surface area contributed by atoms with Crippen molar-refractivity contribution in [1.82, 2.24) is 0 Å². The summed E-state index contributed by atoms with van der Waals surface area (Å²) < 4.78 is 0. The molecular formula is C20H34O2. The van der Waals surface area contributed by atoms with Crippen LogP contribution in [0.3, 0.4) is 0 Å². The average Bonchev–Trinajstić information content (AvgIpc) is 2.46. The van der Waals surface area contributed by atoms with Crippen molar-refractivity contribution in [3.63, 3.8) is 0 Å². The topological polar surface area (TPSA) is 40.5 Å². The van der Waals surface area contributed by atoms with Crippen LogP contribution in [0.4, 0.5) is 0 Å². The molecule has 0 aromatic carbocycles. The first kappa shape index (κ1) is 19.2. The van der Waals surface area contributed by atoms with Gasteiger partial charge in [0.15, 0.2) is 0 Å². The van der Waals surface area contributed by atoms with Gasteiger partial charge in [-0.2, -0.15) is 0 Å². The third-order valence-electron chi connectivity index (χ3n) is 5.74. The molecule has 2 nitrogen and oxygen atoms in total. The monoisotopic (exact) mass is 306 g/mol. The summed E-state index contributed by atoms with van der Waals surface area (Å²) in [6, 6.07) is 0. The first-order valence-electron chi connectivity index (χ1n) is 8.43. The van der Waals surface area contributed by atoms with E-state index in [-0.39, 0.29) is 5.41 Å². The number of hydrogen-bond acceptors (Lipinski definition) is 2. The number of hydrogen-bond donors (Lipinski definition) is 2. The van der Waals surface area contributed by atoms with Crippen LogP contribution in [0.5, 0.6) is 0 Å². The maximum Gasteiger partial charge on any atom is 0.100 e. The van der Waals surface area contributed by atoms with Crippen LogP contribution < -0.4 is 0 Å². The van der Waals surface area contributed by atoms with Crippen molar-refractivity contribution in [2.75, 3.05) is 0 Å². The van der Waals surface area contributed by atoms with Crippen molar-refractivity contribution < 1.29 is 10.2 Å². The van der Waals surface area contributed by atoms with Crippen LogP contribution in [0.25, 0.3) is 0 Å². The lowest BCUT2D eigenvalue weighted by Crippen LogP contribution is -2.37. The molecule has 0 amide bonds. The molecule has 1 aliphatic carbocycles. The van der Waals surface area contributed by atoms with Crippen LogP contribution >= 0.6 is 0 Å². The zero-order valence-electron chi connectivity index (χ0n) is 14.8. The minimum atomic E-state index is -0.818. The summed E-state index contributed by atoms with van der Waals surface area (Å²) in [7, 11) is 0. The molecule has 1 rings (SSSR count). The van der Waals surface area contributed by atoms with Gasteiger partial charge in [0.2, 0.25) is 0 Å². The lowest BCUT2D eigenvalue weighted by molar-refractivity contribution is 0.0132. The minimum absolute atomic E-state index is 0.137. The quantitative estimate of drug-likeness (QED) is 0.680. The summed E-state index contributed by atoms with van der Waals surface area (Å²) in [5.41, 5.74) is 1.99. The second kappa shape index (κ2) is 7.61. The molecule has 126 valence electrons. The Balaban J connectivity index is 2.72. The largest absolute Gasteiger partial charge is 0.390 e. The van der Waals surface area contributed by atoms with Crippen LogP contribution in [-0.4, -0.2) is 22.4 Å². The van der Waals surface area contributed by atoms with Gasteiger partial charge in [-0.15, -0.1) is 6.58 Å². The highest BCUT2D eigenvalue weighted by Gasteiger charge is 2.40. The molecule has 1 saturated carbocycles. The van der Waals surface area contributed by atoms with E-state index in [0.29, 0.717) is 29.7 Å². The van der Waals surface area contributed by atoms with E-state index in [1.165, 1.54) is 5.57 Å². The van der Waals surface area contributed by atoms with E-state index in [9.17, 15) is 10.2 Å². The molecule has 0 aromatic rings. The van der Waals surface area contributed by atoms with E-state index in [2.05, 4.69) is 46.6 Å².